The number of ether oxygens (including phenoxy) is 1. The lowest BCUT2D eigenvalue weighted by Crippen LogP contribution is -2.15. The number of rotatable bonds is 8. The second kappa shape index (κ2) is 11.2. The highest BCUT2D eigenvalue weighted by Gasteiger charge is 2.26. The first kappa shape index (κ1) is 25.0. The first-order valence-electron chi connectivity index (χ1n) is 14.2. The Bertz CT molecular complexity index is 1520. The summed E-state index contributed by atoms with van der Waals surface area (Å²) in [6, 6.07) is 41.5. The van der Waals surface area contributed by atoms with Gasteiger partial charge in [0.2, 0.25) is 0 Å². The Morgan fingerprint density at radius 1 is 0.564 bits per heavy atom. The molecule has 194 valence electrons. The van der Waals surface area contributed by atoms with E-state index in [1.165, 1.54) is 59.1 Å². The number of benzene rings is 5. The van der Waals surface area contributed by atoms with Gasteiger partial charge in [0.15, 0.2) is 11.5 Å². The van der Waals surface area contributed by atoms with Crippen LogP contribution in [0, 0.1) is 6.92 Å². The quantitative estimate of drug-likeness (QED) is 0.189. The van der Waals surface area contributed by atoms with Crippen LogP contribution >= 0.6 is 0 Å². The zero-order valence-corrected chi connectivity index (χ0v) is 22.9. The number of anilines is 3. The zero-order chi connectivity index (χ0) is 26.6. The molecule has 0 atom stereocenters. The van der Waals surface area contributed by atoms with Gasteiger partial charge >= 0.3 is 0 Å². The molecule has 39 heavy (non-hydrogen) atoms. The molecule has 1 aliphatic heterocycles. The minimum absolute atomic E-state index is 0.867. The number of para-hydroxylation sites is 4. The largest absolute Gasteiger partial charge is 0.453 e. The zero-order valence-electron chi connectivity index (χ0n) is 22.9. The van der Waals surface area contributed by atoms with Crippen LogP contribution in [0.25, 0.3) is 22.3 Å². The standard InChI is InChI=1S/C37H35NO/c1-3-4-5-6-11-28-18-22-30(23-19-28)32-24-31(29-20-16-27(2)17-21-29)25-33(26-32)38-34-12-7-9-14-36(34)39-37-15-10-8-13-35(37)38/h7-10,12-26H,3-6,11H2,1-2H3. The SMILES string of the molecule is CCCCCCc1ccc(-c2cc(-c3ccc(C)cc3)cc(N3c4ccccc4Oc4ccccc43)c2)cc1. The van der Waals surface area contributed by atoms with Crippen molar-refractivity contribution >= 4 is 17.1 Å². The Morgan fingerprint density at radius 3 is 1.72 bits per heavy atom. The van der Waals surface area contributed by atoms with Crippen molar-refractivity contribution in [2.24, 2.45) is 0 Å². The van der Waals surface area contributed by atoms with Gasteiger partial charge in [0.1, 0.15) is 0 Å². The molecule has 0 fully saturated rings. The van der Waals surface area contributed by atoms with Crippen LogP contribution in [-0.2, 0) is 6.42 Å². The lowest BCUT2D eigenvalue weighted by atomic mass is 9.95. The average Bonchev–Trinajstić information content (AvgIpc) is 2.98. The van der Waals surface area contributed by atoms with E-state index in [4.69, 9.17) is 4.74 Å². The van der Waals surface area contributed by atoms with Crippen molar-refractivity contribution in [1.29, 1.82) is 0 Å². The van der Waals surface area contributed by atoms with E-state index in [2.05, 4.69) is 110 Å². The smallest absolute Gasteiger partial charge is 0.151 e. The van der Waals surface area contributed by atoms with Gasteiger partial charge in [-0.2, -0.15) is 0 Å². The topological polar surface area (TPSA) is 12.5 Å². The average molecular weight is 510 g/mol. The molecule has 6 rings (SSSR count). The lowest BCUT2D eigenvalue weighted by Gasteiger charge is -2.33. The summed E-state index contributed by atoms with van der Waals surface area (Å²) < 4.78 is 6.29. The Kier molecular flexibility index (Phi) is 7.19. The molecule has 5 aromatic carbocycles. The Labute approximate surface area is 232 Å². The van der Waals surface area contributed by atoms with Crippen molar-refractivity contribution in [3.63, 3.8) is 0 Å². The monoisotopic (exact) mass is 509 g/mol. The molecule has 0 aromatic heterocycles. The second-order valence-corrected chi connectivity index (χ2v) is 10.5. The third-order valence-corrected chi connectivity index (χ3v) is 7.60. The normalized spacial score (nSPS) is 12.0. The van der Waals surface area contributed by atoms with Gasteiger partial charge in [-0.25, -0.2) is 0 Å². The van der Waals surface area contributed by atoms with Crippen LogP contribution in [0.5, 0.6) is 11.5 Å². The van der Waals surface area contributed by atoms with Crippen molar-refractivity contribution in [3.8, 4) is 33.8 Å². The fourth-order valence-electron chi connectivity index (χ4n) is 5.42. The van der Waals surface area contributed by atoms with E-state index in [0.29, 0.717) is 0 Å². The molecule has 0 unspecified atom stereocenters. The number of fused-ring (bicyclic) bond motifs is 2. The minimum Gasteiger partial charge on any atom is -0.453 e. The van der Waals surface area contributed by atoms with Crippen LogP contribution in [0.2, 0.25) is 0 Å². The Morgan fingerprint density at radius 2 is 1.13 bits per heavy atom. The third-order valence-electron chi connectivity index (χ3n) is 7.60. The highest BCUT2D eigenvalue weighted by Crippen LogP contribution is 2.51. The first-order chi connectivity index (χ1) is 19.2. The summed E-state index contributed by atoms with van der Waals surface area (Å²) in [5.41, 5.74) is 10.8. The predicted molar refractivity (Wildman–Crippen MR) is 165 cm³/mol. The van der Waals surface area contributed by atoms with E-state index in [1.807, 2.05) is 24.3 Å². The summed E-state index contributed by atoms with van der Waals surface area (Å²) in [5, 5.41) is 0. The molecule has 5 aromatic rings. The molecule has 1 aliphatic rings. The number of unbranched alkanes of at least 4 members (excludes halogenated alkanes) is 3. The summed E-state index contributed by atoms with van der Waals surface area (Å²) in [5.74, 6) is 1.73. The van der Waals surface area contributed by atoms with E-state index in [1.54, 1.807) is 0 Å². The maximum absolute atomic E-state index is 6.29. The molecular weight excluding hydrogens is 474 g/mol. The highest BCUT2D eigenvalue weighted by molar-refractivity contribution is 5.90. The van der Waals surface area contributed by atoms with Gasteiger partial charge in [0.25, 0.3) is 0 Å². The summed E-state index contributed by atoms with van der Waals surface area (Å²) in [7, 11) is 0. The van der Waals surface area contributed by atoms with Crippen molar-refractivity contribution in [1.82, 2.24) is 0 Å². The van der Waals surface area contributed by atoms with E-state index in [9.17, 15) is 0 Å². The van der Waals surface area contributed by atoms with Gasteiger partial charge in [-0.05, 0) is 90.0 Å². The highest BCUT2D eigenvalue weighted by atomic mass is 16.5. The molecule has 0 saturated carbocycles. The lowest BCUT2D eigenvalue weighted by molar-refractivity contribution is 0.477. The third kappa shape index (κ3) is 5.33. The van der Waals surface area contributed by atoms with Gasteiger partial charge in [-0.3, -0.25) is 0 Å². The minimum atomic E-state index is 0.867. The molecule has 0 spiro atoms. The van der Waals surface area contributed by atoms with Gasteiger partial charge in [0, 0.05) is 5.69 Å². The molecule has 0 radical (unpaired) electrons. The first-order valence-corrected chi connectivity index (χ1v) is 14.2. The van der Waals surface area contributed by atoms with Crippen molar-refractivity contribution in [3.05, 3.63) is 126 Å². The van der Waals surface area contributed by atoms with Crippen molar-refractivity contribution in [2.45, 2.75) is 46.0 Å². The maximum Gasteiger partial charge on any atom is 0.151 e. The van der Waals surface area contributed by atoms with Gasteiger partial charge in [-0.15, -0.1) is 0 Å². The fraction of sp³-hybridized carbons (Fsp3) is 0.189. The molecule has 2 nitrogen and oxygen atoms in total. The van der Waals surface area contributed by atoms with Crippen LogP contribution in [0.1, 0.15) is 43.7 Å². The molecule has 0 bridgehead atoms. The molecule has 2 heteroatoms. The molecule has 0 N–H and O–H groups in total. The fourth-order valence-corrected chi connectivity index (χ4v) is 5.42. The van der Waals surface area contributed by atoms with Crippen LogP contribution in [0.15, 0.2) is 115 Å². The number of aryl methyl sites for hydroxylation is 2. The van der Waals surface area contributed by atoms with Crippen LogP contribution in [-0.4, -0.2) is 0 Å². The number of hydrogen-bond acceptors (Lipinski definition) is 2. The van der Waals surface area contributed by atoms with Gasteiger partial charge in [0.05, 0.1) is 11.4 Å². The molecule has 0 saturated heterocycles. The maximum atomic E-state index is 6.29. The number of nitrogens with zero attached hydrogens (tertiary/aromatic N) is 1. The number of hydrogen-bond donors (Lipinski definition) is 0. The molecule has 0 amide bonds. The van der Waals surface area contributed by atoms with Crippen LogP contribution in [0.4, 0.5) is 17.1 Å². The van der Waals surface area contributed by atoms with E-state index < -0.39 is 0 Å². The molecule has 0 aliphatic carbocycles. The molecular formula is C37H35NO. The predicted octanol–water partition coefficient (Wildman–Crippen LogP) is 11.0. The Balaban J connectivity index is 1.45. The van der Waals surface area contributed by atoms with E-state index >= 15 is 0 Å². The summed E-state index contributed by atoms with van der Waals surface area (Å²) in [6.45, 7) is 4.40. The second-order valence-electron chi connectivity index (χ2n) is 10.5. The van der Waals surface area contributed by atoms with Gasteiger partial charge < -0.3 is 9.64 Å². The van der Waals surface area contributed by atoms with Gasteiger partial charge in [-0.1, -0.05) is 105 Å². The van der Waals surface area contributed by atoms with E-state index in [-0.39, 0.29) is 0 Å². The van der Waals surface area contributed by atoms with E-state index in [0.717, 1.165) is 35.0 Å². The summed E-state index contributed by atoms with van der Waals surface area (Å²) in [4.78, 5) is 2.33. The van der Waals surface area contributed by atoms with Crippen molar-refractivity contribution < 1.29 is 4.74 Å². The van der Waals surface area contributed by atoms with Crippen molar-refractivity contribution in [2.75, 3.05) is 4.90 Å². The Hall–Kier alpha value is -4.30. The summed E-state index contributed by atoms with van der Waals surface area (Å²) in [6.07, 6.45) is 6.31. The summed E-state index contributed by atoms with van der Waals surface area (Å²) >= 11 is 0. The van der Waals surface area contributed by atoms with Crippen LogP contribution in [0.3, 0.4) is 0 Å². The van der Waals surface area contributed by atoms with Crippen LogP contribution < -0.4 is 9.64 Å². The molecule has 1 heterocycles.